The number of halogens is 3. The molecule has 8 heteroatoms. The van der Waals surface area contributed by atoms with Gasteiger partial charge in [-0.1, -0.05) is 24.3 Å². The van der Waals surface area contributed by atoms with Crippen molar-refractivity contribution in [3.8, 4) is 0 Å². The van der Waals surface area contributed by atoms with Crippen molar-refractivity contribution in [2.24, 2.45) is 5.73 Å². The number of carbonyl (C=O) groups excluding carboxylic acids is 2. The van der Waals surface area contributed by atoms with Gasteiger partial charge < -0.3 is 16.2 Å². The van der Waals surface area contributed by atoms with Crippen molar-refractivity contribution in [2.75, 3.05) is 0 Å². The third-order valence-corrected chi connectivity index (χ3v) is 3.39. The van der Waals surface area contributed by atoms with E-state index in [1.165, 1.54) is 5.32 Å². The highest BCUT2D eigenvalue weighted by Crippen LogP contribution is 2.15. The van der Waals surface area contributed by atoms with Crippen molar-refractivity contribution in [1.29, 1.82) is 0 Å². The number of benzene rings is 1. The molecule has 0 saturated carbocycles. The SMILES string of the molecule is NC(=O)CCCCc1cccc(CCC(O)NC(=O)C(F)(F)F)c1. The number of carbonyl (C=O) groups is 2. The molecule has 24 heavy (non-hydrogen) atoms. The van der Waals surface area contributed by atoms with Crippen molar-refractivity contribution in [2.45, 2.75) is 50.9 Å². The zero-order valence-corrected chi connectivity index (χ0v) is 13.1. The molecule has 0 aromatic heterocycles. The van der Waals surface area contributed by atoms with E-state index < -0.39 is 18.3 Å². The molecular weight excluding hydrogens is 325 g/mol. The van der Waals surface area contributed by atoms with E-state index in [0.717, 1.165) is 24.0 Å². The Balaban J connectivity index is 2.41. The molecular formula is C16H21F3N2O3. The van der Waals surface area contributed by atoms with Gasteiger partial charge in [0.15, 0.2) is 0 Å². The summed E-state index contributed by atoms with van der Waals surface area (Å²) in [5, 5.41) is 11.0. The number of unbranched alkanes of at least 4 members (excludes halogenated alkanes) is 1. The fourth-order valence-corrected chi connectivity index (χ4v) is 2.18. The lowest BCUT2D eigenvalue weighted by atomic mass is 10.0. The standard InChI is InChI=1S/C16H21F3N2O3/c17-16(18,19)15(24)21-14(23)9-8-12-6-3-5-11(10-12)4-1-2-7-13(20)22/h3,5-6,10,14,23H,1-2,4,7-9H2,(H2,20,22)(H,21,24). The molecule has 0 fully saturated rings. The first-order valence-electron chi connectivity index (χ1n) is 7.60. The Bertz CT molecular complexity index is 562. The van der Waals surface area contributed by atoms with E-state index in [4.69, 9.17) is 5.73 Å². The molecule has 1 atom stereocenters. The number of alkyl halides is 3. The van der Waals surface area contributed by atoms with E-state index in [-0.39, 0.29) is 12.3 Å². The Morgan fingerprint density at radius 1 is 1.17 bits per heavy atom. The second kappa shape index (κ2) is 9.27. The molecule has 0 spiro atoms. The van der Waals surface area contributed by atoms with Crippen LogP contribution in [0.4, 0.5) is 13.2 Å². The van der Waals surface area contributed by atoms with Crippen LogP contribution in [0.2, 0.25) is 0 Å². The van der Waals surface area contributed by atoms with Crippen molar-refractivity contribution in [1.82, 2.24) is 5.32 Å². The quantitative estimate of drug-likeness (QED) is 0.470. The van der Waals surface area contributed by atoms with Crippen molar-refractivity contribution >= 4 is 11.8 Å². The number of amides is 2. The van der Waals surface area contributed by atoms with Gasteiger partial charge in [0, 0.05) is 6.42 Å². The topological polar surface area (TPSA) is 92.4 Å². The summed E-state index contributed by atoms with van der Waals surface area (Å²) in [5.41, 5.74) is 6.95. The highest BCUT2D eigenvalue weighted by molar-refractivity contribution is 5.81. The fourth-order valence-electron chi connectivity index (χ4n) is 2.18. The molecule has 0 bridgehead atoms. The normalized spacial score (nSPS) is 12.7. The smallest absolute Gasteiger partial charge is 0.374 e. The average Bonchev–Trinajstić information content (AvgIpc) is 2.49. The summed E-state index contributed by atoms with van der Waals surface area (Å²) in [4.78, 5) is 21.4. The lowest BCUT2D eigenvalue weighted by Crippen LogP contribution is -2.43. The van der Waals surface area contributed by atoms with Gasteiger partial charge in [0.05, 0.1) is 0 Å². The van der Waals surface area contributed by atoms with Crippen LogP contribution in [-0.2, 0) is 22.4 Å². The minimum atomic E-state index is -5.01. The number of primary amides is 1. The lowest BCUT2D eigenvalue weighted by molar-refractivity contribution is -0.176. The molecule has 0 aliphatic carbocycles. The summed E-state index contributed by atoms with van der Waals surface area (Å²) in [6, 6.07) is 7.42. The van der Waals surface area contributed by atoms with Gasteiger partial charge >= 0.3 is 12.1 Å². The molecule has 0 aliphatic rings. The van der Waals surface area contributed by atoms with E-state index in [2.05, 4.69) is 0 Å². The number of nitrogens with two attached hydrogens (primary N) is 1. The predicted molar refractivity (Wildman–Crippen MR) is 81.7 cm³/mol. The van der Waals surface area contributed by atoms with Crippen LogP contribution < -0.4 is 11.1 Å². The van der Waals surface area contributed by atoms with Crippen LogP contribution in [0.3, 0.4) is 0 Å². The predicted octanol–water partition coefficient (Wildman–Crippen LogP) is 1.81. The lowest BCUT2D eigenvalue weighted by Gasteiger charge is -2.14. The van der Waals surface area contributed by atoms with Crippen LogP contribution >= 0.6 is 0 Å². The van der Waals surface area contributed by atoms with Crippen LogP contribution in [0.5, 0.6) is 0 Å². The number of nitrogens with one attached hydrogen (secondary N) is 1. The maximum absolute atomic E-state index is 12.1. The van der Waals surface area contributed by atoms with E-state index in [9.17, 15) is 27.9 Å². The third kappa shape index (κ3) is 7.96. The Labute approximate surface area is 138 Å². The summed E-state index contributed by atoms with van der Waals surface area (Å²) in [6.07, 6.45) is -3.66. The Kier molecular flexibility index (Phi) is 7.70. The molecule has 1 unspecified atom stereocenters. The third-order valence-electron chi connectivity index (χ3n) is 3.39. The second-order valence-electron chi connectivity index (χ2n) is 5.52. The van der Waals surface area contributed by atoms with Crippen molar-refractivity contribution in [3.05, 3.63) is 35.4 Å². The van der Waals surface area contributed by atoms with Gasteiger partial charge in [-0.25, -0.2) is 0 Å². The summed E-state index contributed by atoms with van der Waals surface area (Å²) in [6.45, 7) is 0. The molecule has 4 N–H and O–H groups in total. The van der Waals surface area contributed by atoms with E-state index >= 15 is 0 Å². The monoisotopic (exact) mass is 346 g/mol. The van der Waals surface area contributed by atoms with Crippen molar-refractivity contribution < 1.29 is 27.9 Å². The molecule has 0 heterocycles. The Morgan fingerprint density at radius 3 is 2.38 bits per heavy atom. The minimum Gasteiger partial charge on any atom is -0.374 e. The molecule has 0 radical (unpaired) electrons. The summed E-state index contributed by atoms with van der Waals surface area (Å²) in [5.74, 6) is -2.49. The maximum atomic E-state index is 12.1. The van der Waals surface area contributed by atoms with E-state index in [0.29, 0.717) is 19.3 Å². The maximum Gasteiger partial charge on any atom is 0.471 e. The van der Waals surface area contributed by atoms with Crippen molar-refractivity contribution in [3.63, 3.8) is 0 Å². The fraction of sp³-hybridized carbons (Fsp3) is 0.500. The van der Waals surface area contributed by atoms with Crippen LogP contribution in [0.1, 0.15) is 36.8 Å². The molecule has 5 nitrogen and oxygen atoms in total. The molecule has 1 rings (SSSR count). The summed E-state index contributed by atoms with van der Waals surface area (Å²) >= 11 is 0. The highest BCUT2D eigenvalue weighted by Gasteiger charge is 2.39. The summed E-state index contributed by atoms with van der Waals surface area (Å²) < 4.78 is 36.2. The van der Waals surface area contributed by atoms with Gasteiger partial charge in [0.1, 0.15) is 6.23 Å². The second-order valence-corrected chi connectivity index (χ2v) is 5.52. The largest absolute Gasteiger partial charge is 0.471 e. The first-order valence-corrected chi connectivity index (χ1v) is 7.60. The number of rotatable bonds is 9. The number of aryl methyl sites for hydroxylation is 2. The molecule has 134 valence electrons. The first-order chi connectivity index (χ1) is 11.2. The Hall–Kier alpha value is -2.09. The number of hydrogen-bond donors (Lipinski definition) is 3. The number of hydrogen-bond acceptors (Lipinski definition) is 3. The average molecular weight is 346 g/mol. The van der Waals surface area contributed by atoms with Crippen LogP contribution in [-0.4, -0.2) is 29.3 Å². The van der Waals surface area contributed by atoms with Crippen LogP contribution in [0.25, 0.3) is 0 Å². The van der Waals surface area contributed by atoms with E-state index in [1.54, 1.807) is 6.07 Å². The molecule has 0 saturated heterocycles. The van der Waals surface area contributed by atoms with Gasteiger partial charge in [-0.05, 0) is 43.2 Å². The first kappa shape index (κ1) is 20.0. The molecule has 1 aromatic rings. The Morgan fingerprint density at radius 2 is 1.79 bits per heavy atom. The van der Waals surface area contributed by atoms with Crippen LogP contribution in [0.15, 0.2) is 24.3 Å². The zero-order valence-electron chi connectivity index (χ0n) is 13.1. The molecule has 2 amide bonds. The van der Waals surface area contributed by atoms with Crippen LogP contribution in [0, 0.1) is 0 Å². The number of aliphatic hydroxyl groups excluding tert-OH is 1. The minimum absolute atomic E-state index is 0.0209. The number of aliphatic hydroxyl groups is 1. The highest BCUT2D eigenvalue weighted by atomic mass is 19.4. The molecule has 0 aliphatic heterocycles. The summed E-state index contributed by atoms with van der Waals surface area (Å²) in [7, 11) is 0. The molecule has 1 aromatic carbocycles. The van der Waals surface area contributed by atoms with Gasteiger partial charge in [0.2, 0.25) is 5.91 Å². The van der Waals surface area contributed by atoms with Gasteiger partial charge in [-0.15, -0.1) is 0 Å². The zero-order chi connectivity index (χ0) is 18.2. The van der Waals surface area contributed by atoms with E-state index in [1.807, 2.05) is 18.2 Å². The van der Waals surface area contributed by atoms with Gasteiger partial charge in [-0.2, -0.15) is 13.2 Å². The van der Waals surface area contributed by atoms with Gasteiger partial charge in [0.25, 0.3) is 0 Å². The van der Waals surface area contributed by atoms with Gasteiger partial charge in [-0.3, -0.25) is 9.59 Å².